The Hall–Kier alpha value is -2.92. The van der Waals surface area contributed by atoms with Gasteiger partial charge in [-0.1, -0.05) is 12.1 Å². The van der Waals surface area contributed by atoms with E-state index in [-0.39, 0.29) is 5.82 Å². The molecule has 4 nitrogen and oxygen atoms in total. The number of pyridine rings is 1. The zero-order chi connectivity index (χ0) is 18.6. The fourth-order valence-electron chi connectivity index (χ4n) is 3.46. The van der Waals surface area contributed by atoms with Crippen LogP contribution >= 0.6 is 0 Å². The fourth-order valence-corrected chi connectivity index (χ4v) is 3.46. The third-order valence-electron chi connectivity index (χ3n) is 4.97. The van der Waals surface area contributed by atoms with Crippen LogP contribution in [0.4, 0.5) is 10.1 Å². The van der Waals surface area contributed by atoms with Gasteiger partial charge in [0.05, 0.1) is 0 Å². The summed E-state index contributed by atoms with van der Waals surface area (Å²) in [4.78, 5) is 9.12. The number of benzene rings is 2. The summed E-state index contributed by atoms with van der Waals surface area (Å²) in [7, 11) is 0. The van der Waals surface area contributed by atoms with Crippen LogP contribution in [0.5, 0.6) is 5.75 Å². The summed E-state index contributed by atoms with van der Waals surface area (Å²) >= 11 is 0. The van der Waals surface area contributed by atoms with E-state index in [4.69, 9.17) is 0 Å². The summed E-state index contributed by atoms with van der Waals surface area (Å²) < 4.78 is 13.1. The van der Waals surface area contributed by atoms with Crippen molar-refractivity contribution in [1.82, 2.24) is 9.88 Å². The van der Waals surface area contributed by atoms with E-state index in [1.54, 1.807) is 24.3 Å². The highest BCUT2D eigenvalue weighted by molar-refractivity contribution is 5.62. The maximum absolute atomic E-state index is 13.1. The van der Waals surface area contributed by atoms with Crippen LogP contribution in [-0.2, 0) is 6.54 Å². The van der Waals surface area contributed by atoms with E-state index in [0.29, 0.717) is 5.75 Å². The van der Waals surface area contributed by atoms with Gasteiger partial charge in [-0.25, -0.2) is 4.39 Å². The third kappa shape index (κ3) is 4.26. The van der Waals surface area contributed by atoms with Crippen molar-refractivity contribution in [3.05, 3.63) is 78.4 Å². The largest absolute Gasteiger partial charge is 0.508 e. The number of phenolic OH excluding ortho intramolecular Hbond substituents is 1. The summed E-state index contributed by atoms with van der Waals surface area (Å²) in [5.74, 6) is 0.0697. The second-order valence-corrected chi connectivity index (χ2v) is 6.87. The van der Waals surface area contributed by atoms with Crippen LogP contribution in [0.25, 0.3) is 11.1 Å². The number of piperazine rings is 1. The quantitative estimate of drug-likeness (QED) is 0.763. The molecule has 1 N–H and O–H groups in total. The summed E-state index contributed by atoms with van der Waals surface area (Å²) in [6.45, 7) is 4.71. The Morgan fingerprint density at radius 3 is 2.26 bits per heavy atom. The second kappa shape index (κ2) is 7.76. The number of nitrogens with zero attached hydrogens (tertiary/aromatic N) is 3. The van der Waals surface area contributed by atoms with Gasteiger partial charge in [0.1, 0.15) is 11.6 Å². The van der Waals surface area contributed by atoms with Gasteiger partial charge in [-0.15, -0.1) is 0 Å². The Morgan fingerprint density at radius 1 is 0.852 bits per heavy atom. The lowest BCUT2D eigenvalue weighted by Crippen LogP contribution is -2.45. The average Bonchev–Trinajstić information content (AvgIpc) is 2.70. The van der Waals surface area contributed by atoms with E-state index in [9.17, 15) is 9.50 Å². The Labute approximate surface area is 158 Å². The van der Waals surface area contributed by atoms with E-state index in [0.717, 1.165) is 55.1 Å². The van der Waals surface area contributed by atoms with Crippen molar-refractivity contribution in [3.8, 4) is 16.9 Å². The molecule has 138 valence electrons. The minimum absolute atomic E-state index is 0.227. The Kier molecular flexibility index (Phi) is 5.03. The topological polar surface area (TPSA) is 39.6 Å². The van der Waals surface area contributed by atoms with Crippen LogP contribution in [0, 0.1) is 5.82 Å². The number of anilines is 1. The van der Waals surface area contributed by atoms with Gasteiger partial charge >= 0.3 is 0 Å². The molecular formula is C22H22FN3O. The minimum Gasteiger partial charge on any atom is -0.508 e. The van der Waals surface area contributed by atoms with Crippen LogP contribution in [-0.4, -0.2) is 41.2 Å². The van der Waals surface area contributed by atoms with Crippen molar-refractivity contribution in [2.45, 2.75) is 6.54 Å². The van der Waals surface area contributed by atoms with Crippen molar-refractivity contribution < 1.29 is 9.50 Å². The van der Waals surface area contributed by atoms with Gasteiger partial charge in [0.25, 0.3) is 0 Å². The van der Waals surface area contributed by atoms with Crippen molar-refractivity contribution in [2.24, 2.45) is 0 Å². The first-order chi connectivity index (χ1) is 13.2. The Bertz CT molecular complexity index is 888. The van der Waals surface area contributed by atoms with Crippen LogP contribution in [0.15, 0.2) is 67.0 Å². The summed E-state index contributed by atoms with van der Waals surface area (Å²) in [5.41, 5.74) is 4.29. The van der Waals surface area contributed by atoms with Crippen LogP contribution in [0.3, 0.4) is 0 Å². The first-order valence-electron chi connectivity index (χ1n) is 9.13. The van der Waals surface area contributed by atoms with E-state index in [2.05, 4.69) is 20.9 Å². The van der Waals surface area contributed by atoms with E-state index in [1.807, 2.05) is 24.5 Å². The maximum atomic E-state index is 13.1. The molecule has 2 aromatic carbocycles. The smallest absolute Gasteiger partial charge is 0.123 e. The van der Waals surface area contributed by atoms with Crippen molar-refractivity contribution >= 4 is 5.69 Å². The number of hydrogen-bond acceptors (Lipinski definition) is 4. The summed E-state index contributed by atoms with van der Waals surface area (Å²) in [6.07, 6.45) is 3.72. The lowest BCUT2D eigenvalue weighted by molar-refractivity contribution is 0.249. The van der Waals surface area contributed by atoms with Gasteiger partial charge in [0.2, 0.25) is 0 Å². The van der Waals surface area contributed by atoms with Gasteiger partial charge in [0, 0.05) is 56.4 Å². The highest BCUT2D eigenvalue weighted by Crippen LogP contribution is 2.22. The molecule has 1 aromatic heterocycles. The van der Waals surface area contributed by atoms with E-state index >= 15 is 0 Å². The molecule has 1 aliphatic rings. The van der Waals surface area contributed by atoms with Gasteiger partial charge < -0.3 is 10.0 Å². The molecule has 1 fully saturated rings. The molecule has 0 atom stereocenters. The first-order valence-corrected chi connectivity index (χ1v) is 9.13. The SMILES string of the molecule is Oc1ccc(N2CCN(Cc3cncc(-c4ccc(F)cc4)c3)CC2)cc1. The molecule has 27 heavy (non-hydrogen) atoms. The van der Waals surface area contributed by atoms with Gasteiger partial charge in [-0.2, -0.15) is 0 Å². The van der Waals surface area contributed by atoms with E-state index in [1.165, 1.54) is 12.1 Å². The highest BCUT2D eigenvalue weighted by atomic mass is 19.1. The predicted octanol–water partition coefficient (Wildman–Crippen LogP) is 3.92. The normalized spacial score (nSPS) is 15.1. The number of rotatable bonds is 4. The molecule has 0 bridgehead atoms. The second-order valence-electron chi connectivity index (χ2n) is 6.87. The lowest BCUT2D eigenvalue weighted by Gasteiger charge is -2.36. The molecule has 0 amide bonds. The third-order valence-corrected chi connectivity index (χ3v) is 4.97. The molecule has 0 radical (unpaired) electrons. The van der Waals surface area contributed by atoms with Crippen molar-refractivity contribution in [2.75, 3.05) is 31.1 Å². The van der Waals surface area contributed by atoms with Crippen LogP contribution in [0.1, 0.15) is 5.56 Å². The molecule has 1 aliphatic heterocycles. The summed E-state index contributed by atoms with van der Waals surface area (Å²) in [6, 6.07) is 16.0. The van der Waals surface area contributed by atoms with Gasteiger partial charge in [0.15, 0.2) is 0 Å². The highest BCUT2D eigenvalue weighted by Gasteiger charge is 2.17. The monoisotopic (exact) mass is 363 g/mol. The lowest BCUT2D eigenvalue weighted by atomic mass is 10.1. The molecule has 1 saturated heterocycles. The first kappa shape index (κ1) is 17.5. The fraction of sp³-hybridized carbons (Fsp3) is 0.227. The zero-order valence-electron chi connectivity index (χ0n) is 15.1. The molecule has 5 heteroatoms. The average molecular weight is 363 g/mol. The zero-order valence-corrected chi connectivity index (χ0v) is 15.1. The number of aromatic nitrogens is 1. The molecule has 4 rings (SSSR count). The standard InChI is InChI=1S/C22H22FN3O/c23-20-3-1-18(2-4-20)19-13-17(14-24-15-19)16-25-9-11-26(12-10-25)21-5-7-22(27)8-6-21/h1-8,13-15,27H,9-12,16H2. The molecule has 3 aromatic rings. The number of hydrogen-bond donors (Lipinski definition) is 1. The minimum atomic E-state index is -0.227. The molecule has 0 unspecified atom stereocenters. The number of aromatic hydroxyl groups is 1. The molecule has 2 heterocycles. The predicted molar refractivity (Wildman–Crippen MR) is 105 cm³/mol. The van der Waals surface area contributed by atoms with Crippen molar-refractivity contribution in [1.29, 1.82) is 0 Å². The maximum Gasteiger partial charge on any atom is 0.123 e. The van der Waals surface area contributed by atoms with Crippen LogP contribution in [0.2, 0.25) is 0 Å². The van der Waals surface area contributed by atoms with Gasteiger partial charge in [-0.05, 0) is 53.6 Å². The number of phenols is 1. The Morgan fingerprint density at radius 2 is 1.56 bits per heavy atom. The number of halogens is 1. The van der Waals surface area contributed by atoms with Crippen LogP contribution < -0.4 is 4.90 Å². The van der Waals surface area contributed by atoms with Crippen molar-refractivity contribution in [3.63, 3.8) is 0 Å². The molecular weight excluding hydrogens is 341 g/mol. The summed E-state index contributed by atoms with van der Waals surface area (Å²) in [5, 5.41) is 9.43. The Balaban J connectivity index is 1.38. The van der Waals surface area contributed by atoms with E-state index < -0.39 is 0 Å². The molecule has 0 aliphatic carbocycles. The molecule has 0 saturated carbocycles. The van der Waals surface area contributed by atoms with Gasteiger partial charge in [-0.3, -0.25) is 9.88 Å². The molecule has 0 spiro atoms.